The summed E-state index contributed by atoms with van der Waals surface area (Å²) in [6.07, 6.45) is 3.64. The third-order valence-electron chi connectivity index (χ3n) is 2.78. The highest BCUT2D eigenvalue weighted by molar-refractivity contribution is 5.86. The summed E-state index contributed by atoms with van der Waals surface area (Å²) in [7, 11) is 1.50. The molecule has 0 aromatic heterocycles. The largest absolute Gasteiger partial charge is 0.379 e. The van der Waals surface area contributed by atoms with Gasteiger partial charge in [-0.05, 0) is 18.8 Å². The quantitative estimate of drug-likeness (QED) is 0.680. The summed E-state index contributed by atoms with van der Waals surface area (Å²) in [6, 6.07) is 0. The molecule has 1 aliphatic rings. The van der Waals surface area contributed by atoms with Crippen LogP contribution in [0.4, 0.5) is 0 Å². The Kier molecular flexibility index (Phi) is 2.83. The van der Waals surface area contributed by atoms with Gasteiger partial charge in [-0.15, -0.1) is 0 Å². The molecule has 0 radical (unpaired) electrons. The lowest BCUT2D eigenvalue weighted by Crippen LogP contribution is -2.53. The molecule has 0 bridgehead atoms. The first-order valence-electron chi connectivity index (χ1n) is 4.77. The number of ketones is 1. The Balaban J connectivity index is 3.04. The highest BCUT2D eigenvalue weighted by Gasteiger charge is 2.46. The van der Waals surface area contributed by atoms with Crippen LogP contribution >= 0.6 is 0 Å². The van der Waals surface area contributed by atoms with Crippen LogP contribution in [0, 0.1) is 5.41 Å². The first kappa shape index (κ1) is 11.4. The fourth-order valence-electron chi connectivity index (χ4n) is 1.96. The predicted molar refractivity (Wildman–Crippen MR) is 54.0 cm³/mol. The second-order valence-electron chi connectivity index (χ2n) is 4.66. The molecule has 0 spiro atoms. The van der Waals surface area contributed by atoms with E-state index >= 15 is 0 Å². The molecular weight excluding hydrogens is 180 g/mol. The molecule has 2 unspecified atom stereocenters. The van der Waals surface area contributed by atoms with Crippen LogP contribution in [0.2, 0.25) is 0 Å². The zero-order valence-corrected chi connectivity index (χ0v) is 9.20. The Labute approximate surface area is 84.8 Å². The van der Waals surface area contributed by atoms with E-state index in [-0.39, 0.29) is 11.2 Å². The van der Waals surface area contributed by atoms with E-state index in [1.807, 2.05) is 19.9 Å². The molecule has 0 saturated heterocycles. The summed E-state index contributed by atoms with van der Waals surface area (Å²) >= 11 is 0. The van der Waals surface area contributed by atoms with Crippen molar-refractivity contribution in [1.82, 2.24) is 0 Å². The molecule has 0 fully saturated rings. The first-order valence-corrected chi connectivity index (χ1v) is 4.77. The van der Waals surface area contributed by atoms with Crippen molar-refractivity contribution in [3.63, 3.8) is 0 Å². The van der Waals surface area contributed by atoms with E-state index in [0.717, 1.165) is 0 Å². The highest BCUT2D eigenvalue weighted by atomic mass is 16.5. The molecule has 3 nitrogen and oxygen atoms in total. The fourth-order valence-corrected chi connectivity index (χ4v) is 1.96. The molecular formula is C11H18O3. The number of hydrogen-bond donors (Lipinski definition) is 1. The fraction of sp³-hybridized carbons (Fsp3) is 0.727. The van der Waals surface area contributed by atoms with E-state index in [4.69, 9.17) is 4.74 Å². The second kappa shape index (κ2) is 3.48. The van der Waals surface area contributed by atoms with Crippen molar-refractivity contribution < 1.29 is 14.6 Å². The van der Waals surface area contributed by atoms with Gasteiger partial charge < -0.3 is 9.84 Å². The van der Waals surface area contributed by atoms with Crippen LogP contribution in [0.3, 0.4) is 0 Å². The minimum atomic E-state index is -1.37. The van der Waals surface area contributed by atoms with Crippen LogP contribution in [-0.2, 0) is 9.53 Å². The lowest BCUT2D eigenvalue weighted by Gasteiger charge is -2.40. The lowest BCUT2D eigenvalue weighted by molar-refractivity contribution is -0.153. The van der Waals surface area contributed by atoms with Crippen LogP contribution in [-0.4, -0.2) is 29.7 Å². The van der Waals surface area contributed by atoms with Gasteiger partial charge in [-0.3, -0.25) is 4.79 Å². The molecule has 1 rings (SSSR count). The van der Waals surface area contributed by atoms with Gasteiger partial charge in [0.25, 0.3) is 0 Å². The molecule has 0 aromatic rings. The smallest absolute Gasteiger partial charge is 0.164 e. The molecule has 0 aromatic carbocycles. The number of methoxy groups -OCH3 is 1. The van der Waals surface area contributed by atoms with Gasteiger partial charge in [0.05, 0.1) is 0 Å². The Hall–Kier alpha value is -0.670. The summed E-state index contributed by atoms with van der Waals surface area (Å²) < 4.78 is 5.10. The molecule has 0 aliphatic heterocycles. The molecule has 0 amide bonds. The monoisotopic (exact) mass is 198 g/mol. The van der Waals surface area contributed by atoms with Gasteiger partial charge in [0, 0.05) is 7.11 Å². The van der Waals surface area contributed by atoms with Crippen LogP contribution in [0.15, 0.2) is 12.2 Å². The number of allylic oxidation sites excluding steroid dienone is 1. The summed E-state index contributed by atoms with van der Waals surface area (Å²) in [5.74, 6) is -0.234. The summed E-state index contributed by atoms with van der Waals surface area (Å²) in [5.41, 5.74) is -1.53. The van der Waals surface area contributed by atoms with Gasteiger partial charge in [0.1, 0.15) is 6.10 Å². The minimum absolute atomic E-state index is 0.157. The van der Waals surface area contributed by atoms with Gasteiger partial charge in [-0.25, -0.2) is 0 Å². The molecule has 2 atom stereocenters. The zero-order valence-electron chi connectivity index (χ0n) is 9.20. The first-order chi connectivity index (χ1) is 6.32. The van der Waals surface area contributed by atoms with E-state index in [0.29, 0.717) is 6.42 Å². The molecule has 1 N–H and O–H groups in total. The van der Waals surface area contributed by atoms with Crippen LogP contribution in [0.25, 0.3) is 0 Å². The SMILES string of the molecule is COC1C=CC(C)(C)CC1(O)C(C)=O. The van der Waals surface area contributed by atoms with Crippen molar-refractivity contribution in [1.29, 1.82) is 0 Å². The second-order valence-corrected chi connectivity index (χ2v) is 4.66. The number of aliphatic hydroxyl groups is 1. The average molecular weight is 198 g/mol. The van der Waals surface area contributed by atoms with Gasteiger partial charge in [-0.1, -0.05) is 26.0 Å². The van der Waals surface area contributed by atoms with Crippen molar-refractivity contribution >= 4 is 5.78 Å². The van der Waals surface area contributed by atoms with Crippen LogP contribution in [0.1, 0.15) is 27.2 Å². The van der Waals surface area contributed by atoms with Crippen LogP contribution in [0.5, 0.6) is 0 Å². The standard InChI is InChI=1S/C11H18O3/c1-8(12)11(13)7-10(2,3)6-5-9(11)14-4/h5-6,9,13H,7H2,1-4H3. The Morgan fingerprint density at radius 3 is 2.57 bits per heavy atom. The Morgan fingerprint density at radius 1 is 1.57 bits per heavy atom. The summed E-state index contributed by atoms with van der Waals surface area (Å²) in [4.78, 5) is 11.4. The maximum atomic E-state index is 11.4. The van der Waals surface area contributed by atoms with Crippen molar-refractivity contribution in [2.24, 2.45) is 5.41 Å². The molecule has 80 valence electrons. The average Bonchev–Trinajstić information content (AvgIpc) is 2.02. The van der Waals surface area contributed by atoms with Crippen molar-refractivity contribution in [3.05, 3.63) is 12.2 Å². The van der Waals surface area contributed by atoms with Crippen LogP contribution < -0.4 is 0 Å². The number of rotatable bonds is 2. The van der Waals surface area contributed by atoms with Crippen molar-refractivity contribution in [2.75, 3.05) is 7.11 Å². The molecule has 14 heavy (non-hydrogen) atoms. The van der Waals surface area contributed by atoms with E-state index in [1.165, 1.54) is 14.0 Å². The number of Topliss-reactive ketones (excluding diaryl/α,β-unsaturated/α-hetero) is 1. The molecule has 1 aliphatic carbocycles. The third kappa shape index (κ3) is 1.88. The van der Waals surface area contributed by atoms with Gasteiger partial charge >= 0.3 is 0 Å². The van der Waals surface area contributed by atoms with Crippen molar-refractivity contribution in [3.8, 4) is 0 Å². The van der Waals surface area contributed by atoms with E-state index < -0.39 is 11.7 Å². The number of carbonyl (C=O) groups excluding carboxylic acids is 1. The highest BCUT2D eigenvalue weighted by Crippen LogP contribution is 2.37. The molecule has 0 heterocycles. The molecule has 0 saturated carbocycles. The Bertz CT molecular complexity index is 268. The number of carbonyl (C=O) groups is 1. The van der Waals surface area contributed by atoms with Gasteiger partial charge in [0.15, 0.2) is 11.4 Å². The zero-order chi connectivity index (χ0) is 11.0. The van der Waals surface area contributed by atoms with Crippen molar-refractivity contribution in [2.45, 2.75) is 38.9 Å². The van der Waals surface area contributed by atoms with E-state index in [1.54, 1.807) is 6.08 Å². The lowest BCUT2D eigenvalue weighted by atomic mass is 9.71. The normalized spacial score (nSPS) is 35.6. The maximum absolute atomic E-state index is 11.4. The summed E-state index contributed by atoms with van der Waals surface area (Å²) in [6.45, 7) is 5.38. The van der Waals surface area contributed by atoms with Gasteiger partial charge in [-0.2, -0.15) is 0 Å². The summed E-state index contributed by atoms with van der Waals surface area (Å²) in [5, 5.41) is 10.2. The number of ether oxygens (including phenoxy) is 1. The number of hydrogen-bond acceptors (Lipinski definition) is 3. The molecule has 3 heteroatoms. The maximum Gasteiger partial charge on any atom is 0.164 e. The van der Waals surface area contributed by atoms with E-state index in [2.05, 4.69) is 0 Å². The minimum Gasteiger partial charge on any atom is -0.379 e. The Morgan fingerprint density at radius 2 is 2.14 bits per heavy atom. The van der Waals surface area contributed by atoms with Gasteiger partial charge in [0.2, 0.25) is 0 Å². The third-order valence-corrected chi connectivity index (χ3v) is 2.78. The van der Waals surface area contributed by atoms with E-state index in [9.17, 15) is 9.90 Å². The topological polar surface area (TPSA) is 46.5 Å². The predicted octanol–water partition coefficient (Wildman–Crippen LogP) is 1.31.